The van der Waals surface area contributed by atoms with Crippen LogP contribution in [0.5, 0.6) is 0 Å². The summed E-state index contributed by atoms with van der Waals surface area (Å²) in [6, 6.07) is 5.58. The van der Waals surface area contributed by atoms with Crippen LogP contribution in [0, 0.1) is 11.8 Å². The van der Waals surface area contributed by atoms with Crippen molar-refractivity contribution in [3.63, 3.8) is 0 Å². The number of hydrogen-bond acceptors (Lipinski definition) is 3. The Kier molecular flexibility index (Phi) is 3.79. The van der Waals surface area contributed by atoms with Crippen LogP contribution in [-0.2, 0) is 0 Å². The Balaban J connectivity index is 1.86. The second-order valence-electron chi connectivity index (χ2n) is 6.67. The van der Waals surface area contributed by atoms with Gasteiger partial charge in [-0.05, 0) is 49.3 Å². The van der Waals surface area contributed by atoms with Crippen molar-refractivity contribution < 1.29 is 4.79 Å². The number of piperidine rings is 1. The molecule has 1 amide bonds. The van der Waals surface area contributed by atoms with E-state index in [1.54, 1.807) is 18.2 Å². The van der Waals surface area contributed by atoms with E-state index in [2.05, 4.69) is 11.8 Å². The minimum atomic E-state index is 0.0952. The number of rotatable bonds is 1. The Labute approximate surface area is 126 Å². The molecule has 0 aromatic heterocycles. The molecule has 0 bridgehead atoms. The molecular weight excluding hydrogens is 262 g/mol. The molecule has 1 aliphatic carbocycles. The maximum absolute atomic E-state index is 12.9. The van der Waals surface area contributed by atoms with E-state index in [1.165, 1.54) is 19.3 Å². The van der Waals surface area contributed by atoms with E-state index in [0.717, 1.165) is 25.3 Å². The predicted molar refractivity (Wildman–Crippen MR) is 85.8 cm³/mol. The highest BCUT2D eigenvalue weighted by Crippen LogP contribution is 2.39. The molecule has 1 saturated carbocycles. The maximum Gasteiger partial charge on any atom is 0.254 e. The first-order valence-electron chi connectivity index (χ1n) is 8.03. The molecule has 2 aliphatic rings. The fraction of sp³-hybridized carbons (Fsp3) is 0.588. The van der Waals surface area contributed by atoms with Crippen LogP contribution in [0.2, 0.25) is 0 Å². The quantitative estimate of drug-likeness (QED) is 0.780. The molecule has 21 heavy (non-hydrogen) atoms. The summed E-state index contributed by atoms with van der Waals surface area (Å²) >= 11 is 0. The SMILES string of the molecule is CC1CCN(C(=O)c2cc(N)cc(N)c2)C2CCCCC12. The fourth-order valence-electron chi connectivity index (χ4n) is 4.13. The second kappa shape index (κ2) is 5.58. The molecule has 0 radical (unpaired) electrons. The Morgan fingerprint density at radius 2 is 1.76 bits per heavy atom. The lowest BCUT2D eigenvalue weighted by molar-refractivity contribution is 0.0218. The Bertz CT molecular complexity index is 523. The molecular formula is C17H25N3O. The molecule has 1 aromatic rings. The molecule has 3 atom stereocenters. The van der Waals surface area contributed by atoms with Crippen LogP contribution in [0.3, 0.4) is 0 Å². The van der Waals surface area contributed by atoms with Gasteiger partial charge in [-0.1, -0.05) is 19.8 Å². The molecule has 3 unspecified atom stereocenters. The van der Waals surface area contributed by atoms with E-state index in [9.17, 15) is 4.79 Å². The summed E-state index contributed by atoms with van der Waals surface area (Å²) < 4.78 is 0. The molecule has 1 aliphatic heterocycles. The number of nitrogen functional groups attached to an aromatic ring is 2. The van der Waals surface area contributed by atoms with Crippen molar-refractivity contribution in [1.29, 1.82) is 0 Å². The number of anilines is 2. The highest BCUT2D eigenvalue weighted by atomic mass is 16.2. The number of hydrogen-bond donors (Lipinski definition) is 2. The van der Waals surface area contributed by atoms with Gasteiger partial charge in [-0.15, -0.1) is 0 Å². The third kappa shape index (κ3) is 2.71. The zero-order chi connectivity index (χ0) is 15.0. The van der Waals surface area contributed by atoms with Gasteiger partial charge in [0.25, 0.3) is 5.91 Å². The van der Waals surface area contributed by atoms with Gasteiger partial charge in [0.2, 0.25) is 0 Å². The van der Waals surface area contributed by atoms with Crippen LogP contribution in [0.4, 0.5) is 11.4 Å². The summed E-state index contributed by atoms with van der Waals surface area (Å²) in [4.78, 5) is 15.0. The normalized spacial score (nSPS) is 29.0. The van der Waals surface area contributed by atoms with Crippen molar-refractivity contribution in [2.45, 2.75) is 45.1 Å². The first kappa shape index (κ1) is 14.2. The number of fused-ring (bicyclic) bond motifs is 1. The Morgan fingerprint density at radius 3 is 2.48 bits per heavy atom. The standard InChI is InChI=1S/C17H25N3O/c1-11-6-7-20(16-5-3-2-4-15(11)16)17(21)12-8-13(18)10-14(19)9-12/h8-11,15-16H,2-7,18-19H2,1H3. The highest BCUT2D eigenvalue weighted by molar-refractivity contribution is 5.96. The average Bonchev–Trinajstić information content (AvgIpc) is 2.46. The van der Waals surface area contributed by atoms with Gasteiger partial charge < -0.3 is 16.4 Å². The highest BCUT2D eigenvalue weighted by Gasteiger charge is 2.39. The zero-order valence-electron chi connectivity index (χ0n) is 12.7. The third-order valence-corrected chi connectivity index (χ3v) is 5.22. The van der Waals surface area contributed by atoms with Gasteiger partial charge in [-0.3, -0.25) is 4.79 Å². The molecule has 2 fully saturated rings. The average molecular weight is 287 g/mol. The van der Waals surface area contributed by atoms with Crippen LogP contribution in [0.1, 0.15) is 49.4 Å². The minimum Gasteiger partial charge on any atom is -0.399 e. The molecule has 1 heterocycles. The Morgan fingerprint density at radius 1 is 1.10 bits per heavy atom. The lowest BCUT2D eigenvalue weighted by Crippen LogP contribution is -2.52. The molecule has 4 nitrogen and oxygen atoms in total. The number of nitrogens with zero attached hydrogens (tertiary/aromatic N) is 1. The summed E-state index contributed by atoms with van der Waals surface area (Å²) in [5, 5.41) is 0. The monoisotopic (exact) mass is 287 g/mol. The van der Waals surface area contributed by atoms with E-state index in [1.807, 2.05) is 0 Å². The van der Waals surface area contributed by atoms with Crippen LogP contribution >= 0.6 is 0 Å². The van der Waals surface area contributed by atoms with Crippen molar-refractivity contribution in [3.8, 4) is 0 Å². The van der Waals surface area contributed by atoms with E-state index in [0.29, 0.717) is 28.9 Å². The number of carbonyl (C=O) groups excluding carboxylic acids is 1. The number of likely N-dealkylation sites (tertiary alicyclic amines) is 1. The van der Waals surface area contributed by atoms with E-state index < -0.39 is 0 Å². The van der Waals surface area contributed by atoms with Crippen LogP contribution in [0.25, 0.3) is 0 Å². The summed E-state index contributed by atoms with van der Waals surface area (Å²) in [6.45, 7) is 3.19. The van der Waals surface area contributed by atoms with Gasteiger partial charge in [-0.25, -0.2) is 0 Å². The number of benzene rings is 1. The summed E-state index contributed by atoms with van der Waals surface area (Å²) in [6.07, 6.45) is 6.04. The topological polar surface area (TPSA) is 72.3 Å². The predicted octanol–water partition coefficient (Wildman–Crippen LogP) is 2.89. The third-order valence-electron chi connectivity index (χ3n) is 5.22. The smallest absolute Gasteiger partial charge is 0.254 e. The molecule has 114 valence electrons. The number of carbonyl (C=O) groups is 1. The fourth-order valence-corrected chi connectivity index (χ4v) is 4.13. The lowest BCUT2D eigenvalue weighted by Gasteiger charge is -2.47. The number of amides is 1. The van der Waals surface area contributed by atoms with E-state index >= 15 is 0 Å². The second-order valence-corrected chi connectivity index (χ2v) is 6.67. The van der Waals surface area contributed by atoms with Crippen molar-refractivity contribution in [2.75, 3.05) is 18.0 Å². The van der Waals surface area contributed by atoms with Gasteiger partial charge >= 0.3 is 0 Å². The zero-order valence-corrected chi connectivity index (χ0v) is 12.7. The summed E-state index contributed by atoms with van der Waals surface area (Å²) in [5.41, 5.74) is 13.4. The van der Waals surface area contributed by atoms with Gasteiger partial charge in [-0.2, -0.15) is 0 Å². The summed E-state index contributed by atoms with van der Waals surface area (Å²) in [7, 11) is 0. The Hall–Kier alpha value is -1.71. The van der Waals surface area contributed by atoms with Gasteiger partial charge in [0.1, 0.15) is 0 Å². The molecule has 3 rings (SSSR count). The van der Waals surface area contributed by atoms with Crippen molar-refractivity contribution in [3.05, 3.63) is 23.8 Å². The molecule has 0 spiro atoms. The maximum atomic E-state index is 12.9. The van der Waals surface area contributed by atoms with Gasteiger partial charge in [0.15, 0.2) is 0 Å². The van der Waals surface area contributed by atoms with Crippen LogP contribution < -0.4 is 11.5 Å². The lowest BCUT2D eigenvalue weighted by atomic mass is 9.72. The minimum absolute atomic E-state index is 0.0952. The largest absolute Gasteiger partial charge is 0.399 e. The molecule has 1 aromatic carbocycles. The van der Waals surface area contributed by atoms with Crippen molar-refractivity contribution in [1.82, 2.24) is 4.90 Å². The number of nitrogens with two attached hydrogens (primary N) is 2. The van der Waals surface area contributed by atoms with E-state index in [-0.39, 0.29) is 5.91 Å². The first-order valence-corrected chi connectivity index (χ1v) is 8.03. The van der Waals surface area contributed by atoms with Crippen LogP contribution in [0.15, 0.2) is 18.2 Å². The summed E-state index contributed by atoms with van der Waals surface area (Å²) in [5.74, 6) is 1.48. The van der Waals surface area contributed by atoms with Crippen LogP contribution in [-0.4, -0.2) is 23.4 Å². The van der Waals surface area contributed by atoms with Crippen molar-refractivity contribution >= 4 is 17.3 Å². The first-order chi connectivity index (χ1) is 10.1. The molecule has 4 heteroatoms. The van der Waals surface area contributed by atoms with Gasteiger partial charge in [0.05, 0.1) is 0 Å². The van der Waals surface area contributed by atoms with E-state index in [4.69, 9.17) is 11.5 Å². The molecule has 1 saturated heterocycles. The van der Waals surface area contributed by atoms with Gasteiger partial charge in [0, 0.05) is 29.5 Å². The van der Waals surface area contributed by atoms with Crippen molar-refractivity contribution in [2.24, 2.45) is 11.8 Å². The molecule has 4 N–H and O–H groups in total.